The summed E-state index contributed by atoms with van der Waals surface area (Å²) in [6.45, 7) is 5.69. The van der Waals surface area contributed by atoms with Gasteiger partial charge in [-0.15, -0.1) is 0 Å². The summed E-state index contributed by atoms with van der Waals surface area (Å²) >= 11 is 1.48. The maximum absolute atomic E-state index is 11.3. The molecular formula is C9H13N3OS. The lowest BCUT2D eigenvalue weighted by molar-refractivity contribution is -0.113. The number of amides is 1. The van der Waals surface area contributed by atoms with Crippen LogP contribution in [0.15, 0.2) is 16.0 Å². The molecule has 1 fully saturated rings. The van der Waals surface area contributed by atoms with Gasteiger partial charge in [-0.05, 0) is 18.7 Å². The number of rotatable bonds is 0. The second-order valence-electron chi connectivity index (χ2n) is 3.19. The summed E-state index contributed by atoms with van der Waals surface area (Å²) in [7, 11) is 0. The van der Waals surface area contributed by atoms with Crippen LogP contribution >= 0.6 is 11.8 Å². The number of hydrogen-bond acceptors (Lipinski definition) is 4. The van der Waals surface area contributed by atoms with Gasteiger partial charge in [-0.25, -0.2) is 0 Å². The van der Waals surface area contributed by atoms with Gasteiger partial charge in [0.1, 0.15) is 0 Å². The quantitative estimate of drug-likeness (QED) is 0.590. The van der Waals surface area contributed by atoms with Gasteiger partial charge in [-0.3, -0.25) is 4.79 Å². The van der Waals surface area contributed by atoms with E-state index in [1.165, 1.54) is 11.8 Å². The predicted molar refractivity (Wildman–Crippen MR) is 58.2 cm³/mol. The van der Waals surface area contributed by atoms with Crippen LogP contribution in [-0.4, -0.2) is 42.2 Å². The smallest absolute Gasteiger partial charge is 0.285 e. The highest BCUT2D eigenvalue weighted by atomic mass is 32.2. The average molecular weight is 211 g/mol. The Balaban J connectivity index is 2.06. The van der Waals surface area contributed by atoms with Crippen molar-refractivity contribution in [3.8, 4) is 0 Å². The molecule has 2 heterocycles. The zero-order valence-corrected chi connectivity index (χ0v) is 8.93. The molecule has 1 N–H and O–H groups in total. The van der Waals surface area contributed by atoms with Crippen LogP contribution in [0, 0.1) is 0 Å². The molecule has 0 bridgehead atoms. The first-order valence-corrected chi connectivity index (χ1v) is 5.56. The first-order chi connectivity index (χ1) is 6.81. The Kier molecular flexibility index (Phi) is 2.88. The third-order valence-corrected chi connectivity index (χ3v) is 3.42. The molecule has 0 aromatic heterocycles. The summed E-state index contributed by atoms with van der Waals surface area (Å²) in [5, 5.41) is 4.13. The maximum Gasteiger partial charge on any atom is 0.285 e. The van der Waals surface area contributed by atoms with E-state index in [4.69, 9.17) is 0 Å². The molecule has 14 heavy (non-hydrogen) atoms. The number of thioether (sulfide) groups is 1. The van der Waals surface area contributed by atoms with E-state index in [2.05, 4.69) is 15.2 Å². The number of carbonyl (C=O) groups is 1. The lowest BCUT2D eigenvalue weighted by atomic mass is 10.4. The van der Waals surface area contributed by atoms with Crippen molar-refractivity contribution in [2.75, 3.05) is 26.2 Å². The number of nitrogens with zero attached hydrogens (tertiary/aromatic N) is 2. The van der Waals surface area contributed by atoms with E-state index < -0.39 is 0 Å². The molecule has 1 amide bonds. The Morgan fingerprint density at radius 2 is 2.21 bits per heavy atom. The minimum Gasteiger partial charge on any atom is -0.348 e. The minimum atomic E-state index is -0.0916. The third-order valence-electron chi connectivity index (χ3n) is 2.26. The van der Waals surface area contributed by atoms with Crippen LogP contribution in [0.25, 0.3) is 0 Å². The largest absolute Gasteiger partial charge is 0.348 e. The van der Waals surface area contributed by atoms with Gasteiger partial charge in [0.15, 0.2) is 5.17 Å². The van der Waals surface area contributed by atoms with Crippen LogP contribution in [-0.2, 0) is 4.79 Å². The molecule has 2 rings (SSSR count). The Hall–Kier alpha value is -0.810. The molecule has 76 valence electrons. The van der Waals surface area contributed by atoms with E-state index >= 15 is 0 Å². The van der Waals surface area contributed by atoms with E-state index in [0.717, 1.165) is 36.3 Å². The number of hydrogen-bond donors (Lipinski definition) is 1. The van der Waals surface area contributed by atoms with Gasteiger partial charge < -0.3 is 10.2 Å². The SMILES string of the molecule is CC=C1SC(N2CCNCC2)=NC1=O. The molecule has 5 heteroatoms. The molecule has 0 aromatic carbocycles. The van der Waals surface area contributed by atoms with Gasteiger partial charge in [-0.2, -0.15) is 4.99 Å². The standard InChI is InChI=1S/C9H13N3OS/c1-2-7-8(13)11-9(14-7)12-5-3-10-4-6-12/h2,10H,3-6H2,1H3. The summed E-state index contributed by atoms with van der Waals surface area (Å²) in [5.41, 5.74) is 0. The summed E-state index contributed by atoms with van der Waals surface area (Å²) in [5.74, 6) is -0.0916. The molecule has 4 nitrogen and oxygen atoms in total. The van der Waals surface area contributed by atoms with Crippen molar-refractivity contribution >= 4 is 22.8 Å². The fraction of sp³-hybridized carbons (Fsp3) is 0.556. The molecule has 0 atom stereocenters. The van der Waals surface area contributed by atoms with Gasteiger partial charge in [-0.1, -0.05) is 6.08 Å². The number of carbonyl (C=O) groups excluding carboxylic acids is 1. The molecule has 0 saturated carbocycles. The molecule has 0 radical (unpaired) electrons. The average Bonchev–Trinajstić information content (AvgIpc) is 2.61. The lowest BCUT2D eigenvalue weighted by Crippen LogP contribution is -2.45. The predicted octanol–water partition coefficient (Wildman–Crippen LogP) is 0.425. The fourth-order valence-corrected chi connectivity index (χ4v) is 2.37. The second-order valence-corrected chi connectivity index (χ2v) is 4.20. The van der Waals surface area contributed by atoms with Crippen LogP contribution in [0.4, 0.5) is 0 Å². The van der Waals surface area contributed by atoms with Gasteiger partial charge in [0.05, 0.1) is 4.91 Å². The van der Waals surface area contributed by atoms with E-state index in [9.17, 15) is 4.79 Å². The summed E-state index contributed by atoms with van der Waals surface area (Å²) in [6.07, 6.45) is 1.83. The minimum absolute atomic E-state index is 0.0916. The third kappa shape index (κ3) is 1.83. The van der Waals surface area contributed by atoms with Crippen LogP contribution < -0.4 is 5.32 Å². The molecule has 0 aromatic rings. The van der Waals surface area contributed by atoms with Crippen molar-refractivity contribution in [1.82, 2.24) is 10.2 Å². The summed E-state index contributed by atoms with van der Waals surface area (Å²) < 4.78 is 0. The van der Waals surface area contributed by atoms with Crippen molar-refractivity contribution in [2.45, 2.75) is 6.92 Å². The van der Waals surface area contributed by atoms with E-state index in [1.807, 2.05) is 13.0 Å². The maximum atomic E-state index is 11.3. The van der Waals surface area contributed by atoms with Gasteiger partial charge in [0.2, 0.25) is 0 Å². The Labute approximate surface area is 87.4 Å². The molecular weight excluding hydrogens is 198 g/mol. The fourth-order valence-electron chi connectivity index (χ4n) is 1.48. The zero-order valence-electron chi connectivity index (χ0n) is 8.12. The molecule has 1 saturated heterocycles. The number of nitrogens with one attached hydrogen (secondary N) is 1. The Morgan fingerprint density at radius 3 is 2.79 bits per heavy atom. The van der Waals surface area contributed by atoms with E-state index in [-0.39, 0.29) is 5.91 Å². The lowest BCUT2D eigenvalue weighted by Gasteiger charge is -2.27. The monoisotopic (exact) mass is 211 g/mol. The van der Waals surface area contributed by atoms with Crippen molar-refractivity contribution in [2.24, 2.45) is 4.99 Å². The highest BCUT2D eigenvalue weighted by Crippen LogP contribution is 2.27. The normalized spacial score (nSPS) is 25.8. The van der Waals surface area contributed by atoms with Crippen molar-refractivity contribution in [3.05, 3.63) is 11.0 Å². The van der Waals surface area contributed by atoms with Crippen LogP contribution in [0.5, 0.6) is 0 Å². The van der Waals surface area contributed by atoms with Gasteiger partial charge >= 0.3 is 0 Å². The number of amidine groups is 1. The Bertz CT molecular complexity index is 305. The zero-order chi connectivity index (χ0) is 9.97. The topological polar surface area (TPSA) is 44.7 Å². The molecule has 2 aliphatic rings. The second kappa shape index (κ2) is 4.14. The summed E-state index contributed by atoms with van der Waals surface area (Å²) in [6, 6.07) is 0. The first-order valence-electron chi connectivity index (χ1n) is 4.74. The van der Waals surface area contributed by atoms with Gasteiger partial charge in [0, 0.05) is 26.2 Å². The van der Waals surface area contributed by atoms with E-state index in [0.29, 0.717) is 0 Å². The molecule has 0 aliphatic carbocycles. The molecule has 0 unspecified atom stereocenters. The van der Waals surface area contributed by atoms with Gasteiger partial charge in [0.25, 0.3) is 5.91 Å². The number of allylic oxidation sites excluding steroid dienone is 1. The number of piperazine rings is 1. The summed E-state index contributed by atoms with van der Waals surface area (Å²) in [4.78, 5) is 18.3. The molecule has 2 aliphatic heterocycles. The van der Waals surface area contributed by atoms with E-state index in [1.54, 1.807) is 0 Å². The van der Waals surface area contributed by atoms with Crippen molar-refractivity contribution in [1.29, 1.82) is 0 Å². The number of aliphatic imine (C=N–C) groups is 1. The molecule has 0 spiro atoms. The van der Waals surface area contributed by atoms with Crippen LogP contribution in [0.3, 0.4) is 0 Å². The van der Waals surface area contributed by atoms with Crippen LogP contribution in [0.1, 0.15) is 6.92 Å². The Morgan fingerprint density at radius 1 is 1.50 bits per heavy atom. The highest BCUT2D eigenvalue weighted by Gasteiger charge is 2.25. The van der Waals surface area contributed by atoms with Crippen molar-refractivity contribution < 1.29 is 4.79 Å². The van der Waals surface area contributed by atoms with Crippen molar-refractivity contribution in [3.63, 3.8) is 0 Å². The van der Waals surface area contributed by atoms with Crippen LogP contribution in [0.2, 0.25) is 0 Å². The highest BCUT2D eigenvalue weighted by molar-refractivity contribution is 8.18. The first kappa shape index (κ1) is 9.73.